The molecule has 1 atom stereocenters. The van der Waals surface area contributed by atoms with Gasteiger partial charge in [-0.3, -0.25) is 0 Å². The minimum atomic E-state index is -0.658. The lowest BCUT2D eigenvalue weighted by Crippen LogP contribution is -2.25. The molecule has 0 N–H and O–H groups in total. The number of terminal acetylenes is 1. The Morgan fingerprint density at radius 2 is 1.56 bits per heavy atom. The highest BCUT2D eigenvalue weighted by atomic mass is 19.2. The van der Waals surface area contributed by atoms with Crippen molar-refractivity contribution in [3.63, 3.8) is 0 Å². The molecule has 0 aliphatic heterocycles. The highest BCUT2D eigenvalue weighted by Crippen LogP contribution is 2.45. The molecule has 182 valence electrons. The second-order valence-electron chi connectivity index (χ2n) is 10.7. The van der Waals surface area contributed by atoms with Crippen LogP contribution in [-0.4, -0.2) is 0 Å². The van der Waals surface area contributed by atoms with E-state index in [1.807, 2.05) is 6.07 Å². The van der Waals surface area contributed by atoms with Crippen LogP contribution in [0.1, 0.15) is 124 Å². The van der Waals surface area contributed by atoms with Crippen LogP contribution in [0.25, 0.3) is 0 Å². The minimum absolute atomic E-state index is 0. The maximum atomic E-state index is 15.0. The van der Waals surface area contributed by atoms with Gasteiger partial charge in [-0.2, -0.15) is 0 Å². The molecule has 0 spiro atoms. The molecule has 0 saturated heterocycles. The van der Waals surface area contributed by atoms with E-state index in [2.05, 4.69) is 19.8 Å². The Hall–Kier alpha value is -1.36. The van der Waals surface area contributed by atoms with Crippen molar-refractivity contribution >= 4 is 0 Å². The zero-order chi connectivity index (χ0) is 22.9. The van der Waals surface area contributed by atoms with Gasteiger partial charge in [0.25, 0.3) is 0 Å². The van der Waals surface area contributed by atoms with Crippen LogP contribution in [0.5, 0.6) is 0 Å². The Morgan fingerprint density at radius 1 is 0.906 bits per heavy atom. The van der Waals surface area contributed by atoms with Gasteiger partial charge in [-0.25, -0.2) is 8.78 Å². The number of rotatable bonds is 10. The molecule has 1 aromatic rings. The average Bonchev–Trinajstić information content (AvgIpc) is 2.82. The second kappa shape index (κ2) is 12.8. The predicted octanol–water partition coefficient (Wildman–Crippen LogP) is 9.71. The summed E-state index contributed by atoms with van der Waals surface area (Å²) in [7, 11) is 0. The Labute approximate surface area is 198 Å². The van der Waals surface area contributed by atoms with Crippen molar-refractivity contribution in [2.45, 2.75) is 116 Å². The van der Waals surface area contributed by atoms with E-state index < -0.39 is 11.6 Å². The summed E-state index contributed by atoms with van der Waals surface area (Å²) < 4.78 is 30.0. The van der Waals surface area contributed by atoms with Gasteiger partial charge in [0.1, 0.15) is 0 Å². The number of unbranched alkanes of at least 4 members (excludes halogenated alkanes) is 2. The largest absolute Gasteiger partial charge is 0.203 e. The highest BCUT2D eigenvalue weighted by molar-refractivity contribution is 5.30. The Kier molecular flexibility index (Phi) is 10.1. The SMILES string of the molecule is C#CC(CCCCC)Cc1ccc(C2CCC(C3CCC(CCC)CC3)CC2)c(F)c1F.[HH].[HH]. The van der Waals surface area contributed by atoms with E-state index in [4.69, 9.17) is 6.42 Å². The standard InChI is InChI=1S/C30H44F2.2H2/c1-4-7-8-10-22(6-3)21-27-19-20-28(30(32)29(27)31)26-17-15-25(16-18-26)24-13-11-23(9-5-2)12-14-24;;/h3,19-20,22-26H,4-5,7-18,21H2,1-2H3;2*1H. The normalized spacial score (nSPS) is 27.1. The fraction of sp³-hybridized carbons (Fsp3) is 0.733. The van der Waals surface area contributed by atoms with Crippen molar-refractivity contribution in [1.29, 1.82) is 0 Å². The quantitative estimate of drug-likeness (QED) is 0.248. The van der Waals surface area contributed by atoms with Crippen molar-refractivity contribution in [3.8, 4) is 12.3 Å². The first-order valence-corrected chi connectivity index (χ1v) is 13.5. The molecule has 0 nitrogen and oxygen atoms in total. The summed E-state index contributed by atoms with van der Waals surface area (Å²) in [6.07, 6.45) is 22.9. The summed E-state index contributed by atoms with van der Waals surface area (Å²) in [6.45, 7) is 4.45. The lowest BCUT2D eigenvalue weighted by atomic mass is 9.68. The van der Waals surface area contributed by atoms with Gasteiger partial charge in [0.2, 0.25) is 0 Å². The van der Waals surface area contributed by atoms with Crippen molar-refractivity contribution in [1.82, 2.24) is 0 Å². The molecule has 1 aromatic carbocycles. The molecule has 1 unspecified atom stereocenters. The van der Waals surface area contributed by atoms with Crippen molar-refractivity contribution in [2.75, 3.05) is 0 Å². The molecule has 2 saturated carbocycles. The molecular formula is C30H48F2. The first kappa shape index (κ1) is 25.3. The second-order valence-corrected chi connectivity index (χ2v) is 10.7. The molecule has 2 fully saturated rings. The van der Waals surface area contributed by atoms with Crippen molar-refractivity contribution < 1.29 is 11.6 Å². The molecule has 2 aliphatic rings. The Bertz CT molecular complexity index is 741. The van der Waals surface area contributed by atoms with Crippen LogP contribution in [0.2, 0.25) is 0 Å². The third kappa shape index (κ3) is 6.59. The van der Waals surface area contributed by atoms with Gasteiger partial charge in [0.15, 0.2) is 11.6 Å². The Morgan fingerprint density at radius 3 is 2.16 bits per heavy atom. The van der Waals surface area contributed by atoms with Gasteiger partial charge in [0, 0.05) is 8.77 Å². The van der Waals surface area contributed by atoms with E-state index in [1.54, 1.807) is 6.07 Å². The highest BCUT2D eigenvalue weighted by Gasteiger charge is 2.32. The third-order valence-corrected chi connectivity index (χ3v) is 8.52. The molecule has 0 amide bonds. The monoisotopic (exact) mass is 446 g/mol. The van der Waals surface area contributed by atoms with Crippen LogP contribution >= 0.6 is 0 Å². The zero-order valence-electron chi connectivity index (χ0n) is 20.5. The van der Waals surface area contributed by atoms with E-state index in [-0.39, 0.29) is 14.7 Å². The molecule has 0 bridgehead atoms. The van der Waals surface area contributed by atoms with Crippen molar-refractivity contribution in [2.24, 2.45) is 23.7 Å². The van der Waals surface area contributed by atoms with Gasteiger partial charge < -0.3 is 0 Å². The van der Waals surface area contributed by atoms with Crippen molar-refractivity contribution in [3.05, 3.63) is 34.9 Å². The van der Waals surface area contributed by atoms with E-state index in [0.717, 1.165) is 56.3 Å². The molecular weight excluding hydrogens is 398 g/mol. The van der Waals surface area contributed by atoms with E-state index in [1.165, 1.54) is 51.4 Å². The summed E-state index contributed by atoms with van der Waals surface area (Å²) in [5.74, 6) is 4.28. The van der Waals surface area contributed by atoms with E-state index >= 15 is 4.39 Å². The Balaban J connectivity index is 0.00000289. The fourth-order valence-corrected chi connectivity index (χ4v) is 6.49. The lowest BCUT2D eigenvalue weighted by molar-refractivity contribution is 0.156. The molecule has 3 rings (SSSR count). The van der Waals surface area contributed by atoms with Gasteiger partial charge in [0.05, 0.1) is 0 Å². The smallest absolute Gasteiger partial charge is 0.162 e. The first-order chi connectivity index (χ1) is 15.6. The van der Waals surface area contributed by atoms with Crippen LogP contribution in [0.4, 0.5) is 8.78 Å². The summed E-state index contributed by atoms with van der Waals surface area (Å²) in [5, 5.41) is 0. The van der Waals surface area contributed by atoms with Crippen LogP contribution in [0.3, 0.4) is 0 Å². The summed E-state index contributed by atoms with van der Waals surface area (Å²) in [5.41, 5.74) is 1.04. The van der Waals surface area contributed by atoms with Crippen LogP contribution in [0.15, 0.2) is 12.1 Å². The maximum absolute atomic E-state index is 15.0. The minimum Gasteiger partial charge on any atom is -0.203 e. The molecule has 2 aliphatic carbocycles. The molecule has 0 radical (unpaired) electrons. The number of hydrogen-bond donors (Lipinski definition) is 0. The summed E-state index contributed by atoms with van der Waals surface area (Å²) in [4.78, 5) is 0. The van der Waals surface area contributed by atoms with Crippen LogP contribution in [0, 0.1) is 47.6 Å². The van der Waals surface area contributed by atoms with Gasteiger partial charge >= 0.3 is 0 Å². The van der Waals surface area contributed by atoms with Crippen LogP contribution < -0.4 is 0 Å². The topological polar surface area (TPSA) is 0 Å². The van der Waals surface area contributed by atoms with E-state index in [0.29, 0.717) is 17.5 Å². The predicted molar refractivity (Wildman–Crippen MR) is 136 cm³/mol. The molecule has 0 aromatic heterocycles. The molecule has 0 heterocycles. The fourth-order valence-electron chi connectivity index (χ4n) is 6.49. The molecule has 32 heavy (non-hydrogen) atoms. The zero-order valence-corrected chi connectivity index (χ0v) is 20.5. The van der Waals surface area contributed by atoms with Gasteiger partial charge in [-0.15, -0.1) is 12.3 Å². The number of benzene rings is 1. The summed E-state index contributed by atoms with van der Waals surface area (Å²) >= 11 is 0. The van der Waals surface area contributed by atoms with E-state index in [9.17, 15) is 4.39 Å². The third-order valence-electron chi connectivity index (χ3n) is 8.52. The number of halogens is 2. The molecule has 2 heteroatoms. The van der Waals surface area contributed by atoms with Crippen LogP contribution in [-0.2, 0) is 6.42 Å². The number of hydrogen-bond acceptors (Lipinski definition) is 0. The maximum Gasteiger partial charge on any atom is 0.162 e. The average molecular weight is 447 g/mol. The lowest BCUT2D eigenvalue weighted by Gasteiger charge is -2.38. The van der Waals surface area contributed by atoms with Gasteiger partial charge in [-0.05, 0) is 86.2 Å². The van der Waals surface area contributed by atoms with Gasteiger partial charge in [-0.1, -0.05) is 70.9 Å². The first-order valence-electron chi connectivity index (χ1n) is 13.5. The summed E-state index contributed by atoms with van der Waals surface area (Å²) in [6, 6.07) is 3.66.